The number of carboxylic acid groups (broad SMARTS) is 1. The Morgan fingerprint density at radius 2 is 1.59 bits per heavy atom. The van der Waals surface area contributed by atoms with Crippen molar-refractivity contribution in [3.63, 3.8) is 0 Å². The van der Waals surface area contributed by atoms with E-state index in [2.05, 4.69) is 6.58 Å². The molecule has 2 aromatic rings. The number of methoxy groups -OCH3 is 1. The highest BCUT2D eigenvalue weighted by Gasteiger charge is 2.49. The molecule has 5 rings (SSSR count). The minimum atomic E-state index is -1.03. The lowest BCUT2D eigenvalue weighted by molar-refractivity contribution is -0.384. The third kappa shape index (κ3) is 6.34. The van der Waals surface area contributed by atoms with Crippen LogP contribution in [-0.4, -0.2) is 46.1 Å². The maximum atomic E-state index is 14.0. The molecule has 2 aliphatic carbocycles. The number of non-ortho nitro benzene ring substituents is 1. The van der Waals surface area contributed by atoms with Crippen LogP contribution in [0.15, 0.2) is 71.6 Å². The number of nitro groups is 1. The van der Waals surface area contributed by atoms with Gasteiger partial charge in [-0.15, -0.1) is 6.58 Å². The van der Waals surface area contributed by atoms with Crippen LogP contribution >= 0.6 is 0 Å². The van der Waals surface area contributed by atoms with Gasteiger partial charge in [0.15, 0.2) is 23.1 Å². The van der Waals surface area contributed by atoms with E-state index in [9.17, 15) is 29.6 Å². The van der Waals surface area contributed by atoms with Crippen molar-refractivity contribution in [3.8, 4) is 11.5 Å². The van der Waals surface area contributed by atoms with E-state index in [4.69, 9.17) is 9.47 Å². The van der Waals surface area contributed by atoms with Crippen LogP contribution < -0.4 is 9.47 Å². The molecule has 10 nitrogen and oxygen atoms in total. The quantitative estimate of drug-likeness (QED) is 0.174. The molecule has 3 aliphatic rings. The lowest BCUT2D eigenvalue weighted by Crippen LogP contribution is -2.45. The minimum absolute atomic E-state index is 0.0175. The first-order valence-corrected chi connectivity index (χ1v) is 15.3. The summed E-state index contributed by atoms with van der Waals surface area (Å²) in [5.74, 6) is -1.06. The monoisotopic (exact) mass is 628 g/mol. The molecule has 0 unspecified atom stereocenters. The molecule has 2 aromatic carbocycles. The molecule has 242 valence electrons. The van der Waals surface area contributed by atoms with Crippen LogP contribution in [0.2, 0.25) is 0 Å². The molecule has 0 aromatic heterocycles. The Kier molecular flexibility index (Phi) is 8.68. The van der Waals surface area contributed by atoms with Crippen LogP contribution in [0.5, 0.6) is 11.5 Å². The van der Waals surface area contributed by atoms with Crippen LogP contribution in [0.4, 0.5) is 5.69 Å². The van der Waals surface area contributed by atoms with E-state index in [0.717, 1.165) is 11.1 Å². The van der Waals surface area contributed by atoms with Gasteiger partial charge in [-0.2, -0.15) is 0 Å². The number of Topliss-reactive ketones (excluding diaryl/α,β-unsaturated/α-hetero) is 2. The van der Waals surface area contributed by atoms with Crippen molar-refractivity contribution in [1.82, 2.24) is 4.90 Å². The zero-order chi connectivity index (χ0) is 33.6. The average Bonchev–Trinajstić information content (AvgIpc) is 2.95. The highest BCUT2D eigenvalue weighted by Crippen LogP contribution is 2.55. The SMILES string of the molecule is C=CCc1cc(C2C3=C(CC(C)(C)CC3=O)N(CC(=O)O)C3=C2C(=O)CC(C)(C)C3)cc(OC)c1OCc1ccc([N+](=O)[O-])cc1. The first-order valence-electron chi connectivity index (χ1n) is 15.3. The Balaban J connectivity index is 1.67. The second-order valence-corrected chi connectivity index (χ2v) is 13.9. The van der Waals surface area contributed by atoms with Crippen molar-refractivity contribution in [2.45, 2.75) is 72.3 Å². The molecule has 0 saturated heterocycles. The molecule has 46 heavy (non-hydrogen) atoms. The third-order valence-corrected chi connectivity index (χ3v) is 8.92. The predicted octanol–water partition coefficient (Wildman–Crippen LogP) is 6.68. The average molecular weight is 629 g/mol. The van der Waals surface area contributed by atoms with Gasteiger partial charge in [0.1, 0.15) is 13.2 Å². The van der Waals surface area contributed by atoms with E-state index in [-0.39, 0.29) is 54.1 Å². The maximum absolute atomic E-state index is 14.0. The smallest absolute Gasteiger partial charge is 0.323 e. The molecular weight excluding hydrogens is 588 g/mol. The van der Waals surface area contributed by atoms with Crippen molar-refractivity contribution in [2.75, 3.05) is 13.7 Å². The molecule has 0 amide bonds. The summed E-state index contributed by atoms with van der Waals surface area (Å²) in [5.41, 5.74) is 3.63. The summed E-state index contributed by atoms with van der Waals surface area (Å²) < 4.78 is 12.1. The zero-order valence-electron chi connectivity index (χ0n) is 27.0. The summed E-state index contributed by atoms with van der Waals surface area (Å²) in [6.45, 7) is 11.7. The summed E-state index contributed by atoms with van der Waals surface area (Å²) >= 11 is 0. The number of ether oxygens (including phenoxy) is 2. The van der Waals surface area contributed by atoms with Gasteiger partial charge in [0, 0.05) is 59.0 Å². The van der Waals surface area contributed by atoms with Crippen LogP contribution in [0.3, 0.4) is 0 Å². The van der Waals surface area contributed by atoms with Crippen LogP contribution in [0, 0.1) is 20.9 Å². The van der Waals surface area contributed by atoms with Gasteiger partial charge in [0.05, 0.1) is 12.0 Å². The Bertz CT molecular complexity index is 1640. The molecular formula is C36H40N2O8. The first-order chi connectivity index (χ1) is 21.6. The first kappa shape index (κ1) is 32.7. The van der Waals surface area contributed by atoms with Gasteiger partial charge >= 0.3 is 5.97 Å². The van der Waals surface area contributed by atoms with Gasteiger partial charge in [-0.3, -0.25) is 24.5 Å². The molecule has 0 bridgehead atoms. The van der Waals surface area contributed by atoms with Gasteiger partial charge < -0.3 is 19.5 Å². The van der Waals surface area contributed by atoms with Crippen LogP contribution in [-0.2, 0) is 27.4 Å². The lowest BCUT2D eigenvalue weighted by Gasteiger charge is -2.48. The molecule has 0 fully saturated rings. The second-order valence-electron chi connectivity index (χ2n) is 13.9. The fourth-order valence-corrected chi connectivity index (χ4v) is 7.05. The highest BCUT2D eigenvalue weighted by atomic mass is 16.6. The fourth-order valence-electron chi connectivity index (χ4n) is 7.05. The third-order valence-electron chi connectivity index (χ3n) is 8.92. The van der Waals surface area contributed by atoms with Gasteiger partial charge in [0.25, 0.3) is 5.69 Å². The summed E-state index contributed by atoms with van der Waals surface area (Å²) in [6.07, 6.45) is 3.67. The molecule has 1 N–H and O–H groups in total. The molecule has 0 radical (unpaired) electrons. The number of hydrogen-bond acceptors (Lipinski definition) is 8. The van der Waals surface area contributed by atoms with Crippen molar-refractivity contribution in [1.29, 1.82) is 0 Å². The normalized spacial score (nSPS) is 19.0. The summed E-state index contributed by atoms with van der Waals surface area (Å²) in [5, 5.41) is 21.0. The van der Waals surface area contributed by atoms with Crippen molar-refractivity contribution in [3.05, 3.63) is 98.4 Å². The number of rotatable bonds is 10. The van der Waals surface area contributed by atoms with E-state index in [1.807, 2.05) is 33.8 Å². The number of carbonyl (C=O) groups is 3. The number of allylic oxidation sites excluding steroid dienone is 5. The van der Waals surface area contributed by atoms with E-state index in [1.54, 1.807) is 29.2 Å². The molecule has 0 atom stereocenters. The molecule has 0 spiro atoms. The number of aliphatic carboxylic acids is 1. The topological polar surface area (TPSA) is 136 Å². The Morgan fingerprint density at radius 1 is 1.02 bits per heavy atom. The summed E-state index contributed by atoms with van der Waals surface area (Å²) in [6, 6.07) is 9.81. The Hall–Kier alpha value is -4.73. The standard InChI is InChI=1S/C36H40N2O8/c1-7-8-22-13-23(14-29(45-6)34(22)46-20-21-9-11-24(12-10-21)38(43)44)31-32-25(15-35(2,3)17-27(32)39)37(19-30(41)42)26-16-36(4,5)18-28(40)33(26)31/h7,9-14,31H,1,8,15-20H2,2-6H3,(H,41,42). The Morgan fingerprint density at radius 3 is 2.07 bits per heavy atom. The van der Waals surface area contributed by atoms with Gasteiger partial charge in [0.2, 0.25) is 0 Å². The molecule has 10 heteroatoms. The summed E-state index contributed by atoms with van der Waals surface area (Å²) in [7, 11) is 1.52. The number of carboxylic acids is 1. The van der Waals surface area contributed by atoms with Crippen molar-refractivity contribution >= 4 is 23.2 Å². The number of carbonyl (C=O) groups excluding carboxylic acids is 2. The largest absolute Gasteiger partial charge is 0.493 e. The molecule has 1 aliphatic heterocycles. The molecule has 1 heterocycles. The zero-order valence-corrected chi connectivity index (χ0v) is 27.0. The van der Waals surface area contributed by atoms with Crippen LogP contribution in [0.1, 0.15) is 76.0 Å². The lowest BCUT2D eigenvalue weighted by atomic mass is 9.63. The van der Waals surface area contributed by atoms with E-state index in [0.29, 0.717) is 58.9 Å². The summed E-state index contributed by atoms with van der Waals surface area (Å²) in [4.78, 5) is 52.6. The maximum Gasteiger partial charge on any atom is 0.323 e. The number of nitrogens with zero attached hydrogens (tertiary/aromatic N) is 2. The van der Waals surface area contributed by atoms with Gasteiger partial charge in [-0.25, -0.2) is 0 Å². The predicted molar refractivity (Wildman–Crippen MR) is 172 cm³/mol. The number of benzene rings is 2. The fraction of sp³-hybridized carbons (Fsp3) is 0.417. The molecule has 0 saturated carbocycles. The second kappa shape index (κ2) is 12.2. The highest BCUT2D eigenvalue weighted by molar-refractivity contribution is 6.07. The van der Waals surface area contributed by atoms with E-state index in [1.165, 1.54) is 19.2 Å². The van der Waals surface area contributed by atoms with E-state index >= 15 is 0 Å². The van der Waals surface area contributed by atoms with Gasteiger partial charge in [-0.1, -0.05) is 39.8 Å². The van der Waals surface area contributed by atoms with Crippen molar-refractivity contribution in [2.24, 2.45) is 10.8 Å². The number of hydrogen-bond donors (Lipinski definition) is 1. The Labute approximate surface area is 268 Å². The van der Waals surface area contributed by atoms with Crippen LogP contribution in [0.25, 0.3) is 0 Å². The number of nitro benzene ring substituents is 1. The number of ketones is 2. The van der Waals surface area contributed by atoms with Crippen molar-refractivity contribution < 1.29 is 33.9 Å². The minimum Gasteiger partial charge on any atom is -0.493 e. The van der Waals surface area contributed by atoms with E-state index < -0.39 is 16.8 Å². The van der Waals surface area contributed by atoms with Gasteiger partial charge in [-0.05, 0) is 59.4 Å².